The Hall–Kier alpha value is 0.527. The van der Waals surface area contributed by atoms with Crippen LogP contribution >= 0.6 is 12.6 Å². The zero-order valence-electron chi connectivity index (χ0n) is 10.7. The van der Waals surface area contributed by atoms with Gasteiger partial charge in [0.25, 0.3) is 0 Å². The lowest BCUT2D eigenvalue weighted by atomic mass is 10.1. The largest absolute Gasteiger partial charge is 0.420 e. The van der Waals surface area contributed by atoms with Gasteiger partial charge in [0.2, 0.25) is 0 Å². The lowest BCUT2D eigenvalue weighted by Gasteiger charge is -2.19. The molecule has 0 heterocycles. The van der Waals surface area contributed by atoms with Crippen LogP contribution < -0.4 is 0 Å². The van der Waals surface area contributed by atoms with Crippen molar-refractivity contribution in [1.82, 2.24) is 0 Å². The van der Waals surface area contributed by atoms with Crippen LogP contribution in [-0.2, 0) is 4.43 Å². The van der Waals surface area contributed by atoms with Crippen LogP contribution in [0.1, 0.15) is 44.9 Å². The van der Waals surface area contributed by atoms with E-state index < -0.39 is 8.32 Å². The SMILES string of the molecule is CO[Si](C)(C)CCCCCCCCCS. The van der Waals surface area contributed by atoms with E-state index in [0.29, 0.717) is 0 Å². The van der Waals surface area contributed by atoms with Crippen LogP contribution in [0.5, 0.6) is 0 Å². The van der Waals surface area contributed by atoms with Crippen LogP contribution in [-0.4, -0.2) is 21.2 Å². The van der Waals surface area contributed by atoms with E-state index in [1.807, 2.05) is 7.11 Å². The van der Waals surface area contributed by atoms with E-state index in [2.05, 4.69) is 25.7 Å². The quantitative estimate of drug-likeness (QED) is 0.340. The summed E-state index contributed by atoms with van der Waals surface area (Å²) in [5.41, 5.74) is 0. The van der Waals surface area contributed by atoms with Crippen LogP contribution in [0, 0.1) is 0 Å². The van der Waals surface area contributed by atoms with Gasteiger partial charge in [-0.2, -0.15) is 12.6 Å². The van der Waals surface area contributed by atoms with Gasteiger partial charge >= 0.3 is 0 Å². The maximum atomic E-state index is 5.53. The second kappa shape index (κ2) is 9.73. The Kier molecular flexibility index (Phi) is 10.1. The molecule has 0 fully saturated rings. The molecule has 15 heavy (non-hydrogen) atoms. The molecule has 0 radical (unpaired) electrons. The van der Waals surface area contributed by atoms with Gasteiger partial charge in [-0.3, -0.25) is 0 Å². The summed E-state index contributed by atoms with van der Waals surface area (Å²) >= 11 is 4.21. The molecule has 0 aliphatic rings. The van der Waals surface area contributed by atoms with Crippen LogP contribution in [0.2, 0.25) is 19.1 Å². The van der Waals surface area contributed by atoms with Crippen LogP contribution in [0.4, 0.5) is 0 Å². The Morgan fingerprint density at radius 1 is 0.867 bits per heavy atom. The molecule has 0 saturated carbocycles. The van der Waals surface area contributed by atoms with Crippen LogP contribution in [0.25, 0.3) is 0 Å². The fourth-order valence-electron chi connectivity index (χ4n) is 1.65. The highest BCUT2D eigenvalue weighted by Crippen LogP contribution is 2.16. The van der Waals surface area contributed by atoms with Crippen molar-refractivity contribution in [3.05, 3.63) is 0 Å². The standard InChI is InChI=1S/C12H28OSSi/c1-13-15(2,3)12-10-8-6-4-5-7-9-11-14/h14H,4-12H2,1-3H3. The van der Waals surface area contributed by atoms with E-state index in [0.717, 1.165) is 5.75 Å². The first-order valence-electron chi connectivity index (χ1n) is 6.28. The molecule has 0 aromatic carbocycles. The summed E-state index contributed by atoms with van der Waals surface area (Å²) < 4.78 is 5.53. The summed E-state index contributed by atoms with van der Waals surface area (Å²) in [4.78, 5) is 0. The molecule has 0 saturated heterocycles. The number of hydrogen-bond donors (Lipinski definition) is 1. The van der Waals surface area contributed by atoms with Gasteiger partial charge in [-0.05, 0) is 31.3 Å². The fraction of sp³-hybridized carbons (Fsp3) is 1.00. The molecule has 0 unspecified atom stereocenters. The summed E-state index contributed by atoms with van der Waals surface area (Å²) in [5, 5.41) is 0. The highest BCUT2D eigenvalue weighted by molar-refractivity contribution is 7.80. The monoisotopic (exact) mass is 248 g/mol. The molecular formula is C12H28OSSi. The minimum absolute atomic E-state index is 1.05. The Bertz CT molecular complexity index is 140. The predicted molar refractivity (Wildman–Crippen MR) is 75.5 cm³/mol. The molecular weight excluding hydrogens is 220 g/mol. The van der Waals surface area contributed by atoms with Gasteiger partial charge in [0.05, 0.1) is 0 Å². The highest BCUT2D eigenvalue weighted by Gasteiger charge is 2.18. The number of rotatable bonds is 10. The van der Waals surface area contributed by atoms with E-state index in [4.69, 9.17) is 4.43 Å². The zero-order chi connectivity index (χ0) is 11.6. The van der Waals surface area contributed by atoms with Crippen molar-refractivity contribution in [3.63, 3.8) is 0 Å². The normalized spacial score (nSPS) is 12.0. The van der Waals surface area contributed by atoms with Crippen molar-refractivity contribution < 1.29 is 4.43 Å². The molecule has 0 atom stereocenters. The van der Waals surface area contributed by atoms with Crippen molar-refractivity contribution in [3.8, 4) is 0 Å². The maximum Gasteiger partial charge on any atom is 0.186 e. The molecule has 0 aromatic rings. The second-order valence-electron chi connectivity index (χ2n) is 4.91. The first kappa shape index (κ1) is 15.5. The van der Waals surface area contributed by atoms with Gasteiger partial charge < -0.3 is 4.43 Å². The molecule has 0 N–H and O–H groups in total. The highest BCUT2D eigenvalue weighted by atomic mass is 32.1. The maximum absolute atomic E-state index is 5.53. The third-order valence-corrected chi connectivity index (χ3v) is 5.97. The van der Waals surface area contributed by atoms with Crippen LogP contribution in [0.15, 0.2) is 0 Å². The first-order valence-corrected chi connectivity index (χ1v) is 10.0. The van der Waals surface area contributed by atoms with Crippen molar-refractivity contribution >= 4 is 20.9 Å². The topological polar surface area (TPSA) is 9.23 Å². The van der Waals surface area contributed by atoms with Crippen molar-refractivity contribution in [2.45, 2.75) is 64.1 Å². The van der Waals surface area contributed by atoms with Gasteiger partial charge in [-0.25, -0.2) is 0 Å². The lowest BCUT2D eigenvalue weighted by molar-refractivity contribution is 0.400. The Labute approximate surface area is 103 Å². The van der Waals surface area contributed by atoms with Gasteiger partial charge in [-0.1, -0.05) is 38.5 Å². The summed E-state index contributed by atoms with van der Waals surface area (Å²) in [6.07, 6.45) is 9.60. The third-order valence-electron chi connectivity index (χ3n) is 2.99. The lowest BCUT2D eigenvalue weighted by Crippen LogP contribution is -2.27. The van der Waals surface area contributed by atoms with Crippen molar-refractivity contribution in [2.24, 2.45) is 0 Å². The predicted octanol–water partition coefficient (Wildman–Crippen LogP) is 4.50. The van der Waals surface area contributed by atoms with Crippen molar-refractivity contribution in [2.75, 3.05) is 12.9 Å². The smallest absolute Gasteiger partial charge is 0.186 e. The zero-order valence-corrected chi connectivity index (χ0v) is 12.6. The van der Waals surface area contributed by atoms with Gasteiger partial charge in [-0.15, -0.1) is 0 Å². The minimum Gasteiger partial charge on any atom is -0.420 e. The molecule has 92 valence electrons. The van der Waals surface area contributed by atoms with Gasteiger partial charge in [0.1, 0.15) is 0 Å². The summed E-state index contributed by atoms with van der Waals surface area (Å²) in [5.74, 6) is 1.05. The number of unbranched alkanes of at least 4 members (excludes halogenated alkanes) is 6. The van der Waals surface area contributed by atoms with Gasteiger partial charge in [0.15, 0.2) is 8.32 Å². The molecule has 0 bridgehead atoms. The summed E-state index contributed by atoms with van der Waals surface area (Å²) in [6, 6.07) is 1.32. The van der Waals surface area contributed by atoms with Crippen LogP contribution in [0.3, 0.4) is 0 Å². The third kappa shape index (κ3) is 10.8. The summed E-state index contributed by atoms with van der Waals surface area (Å²) in [7, 11) is 0.596. The molecule has 0 aliphatic carbocycles. The molecule has 0 spiro atoms. The van der Waals surface area contributed by atoms with E-state index in [1.165, 1.54) is 51.0 Å². The fourth-order valence-corrected chi connectivity index (χ4v) is 3.18. The molecule has 1 nitrogen and oxygen atoms in total. The molecule has 3 heteroatoms. The second-order valence-corrected chi connectivity index (χ2v) is 9.79. The molecule has 0 amide bonds. The summed E-state index contributed by atoms with van der Waals surface area (Å²) in [6.45, 7) is 4.61. The average Bonchev–Trinajstić information content (AvgIpc) is 2.22. The van der Waals surface area contributed by atoms with Crippen molar-refractivity contribution in [1.29, 1.82) is 0 Å². The van der Waals surface area contributed by atoms with E-state index in [1.54, 1.807) is 0 Å². The van der Waals surface area contributed by atoms with Gasteiger partial charge in [0, 0.05) is 7.11 Å². The number of hydrogen-bond acceptors (Lipinski definition) is 2. The Balaban J connectivity index is 3.11. The van der Waals surface area contributed by atoms with E-state index in [9.17, 15) is 0 Å². The molecule has 0 aromatic heterocycles. The minimum atomic E-state index is -1.27. The number of thiol groups is 1. The Morgan fingerprint density at radius 2 is 1.33 bits per heavy atom. The first-order chi connectivity index (χ1) is 7.12. The molecule has 0 rings (SSSR count). The Morgan fingerprint density at radius 3 is 1.80 bits per heavy atom. The van der Waals surface area contributed by atoms with E-state index in [-0.39, 0.29) is 0 Å². The van der Waals surface area contributed by atoms with E-state index >= 15 is 0 Å². The molecule has 0 aliphatic heterocycles. The average molecular weight is 249 g/mol.